The summed E-state index contributed by atoms with van der Waals surface area (Å²) < 4.78 is 2.23. The van der Waals surface area contributed by atoms with E-state index in [1.807, 2.05) is 13.0 Å². The molecular formula is C14H20ClN3. The fraction of sp³-hybridized carbons (Fsp3) is 0.429. The van der Waals surface area contributed by atoms with Crippen LogP contribution in [-0.2, 0) is 13.0 Å². The number of hydrogen-bond acceptors (Lipinski definition) is 2. The minimum absolute atomic E-state index is 0.664. The van der Waals surface area contributed by atoms with Crippen LogP contribution in [0.3, 0.4) is 0 Å². The van der Waals surface area contributed by atoms with Gasteiger partial charge in [-0.1, -0.05) is 11.6 Å². The summed E-state index contributed by atoms with van der Waals surface area (Å²) in [4.78, 5) is 0. The van der Waals surface area contributed by atoms with Gasteiger partial charge >= 0.3 is 0 Å². The van der Waals surface area contributed by atoms with E-state index >= 15 is 0 Å². The monoisotopic (exact) mass is 265 g/mol. The average molecular weight is 266 g/mol. The molecule has 0 aliphatic carbocycles. The summed E-state index contributed by atoms with van der Waals surface area (Å²) >= 11 is 6.22. The molecule has 0 spiro atoms. The Morgan fingerprint density at radius 3 is 2.67 bits per heavy atom. The van der Waals surface area contributed by atoms with E-state index in [4.69, 9.17) is 23.1 Å². The SMILES string of the molecule is Cc1cc2c(CCN)cn(CCCN)c2cc1Cl. The van der Waals surface area contributed by atoms with Gasteiger partial charge in [-0.3, -0.25) is 0 Å². The molecule has 0 saturated carbocycles. The van der Waals surface area contributed by atoms with Crippen molar-refractivity contribution < 1.29 is 0 Å². The van der Waals surface area contributed by atoms with Crippen molar-refractivity contribution in [3.8, 4) is 0 Å². The Kier molecular flexibility index (Phi) is 4.27. The van der Waals surface area contributed by atoms with E-state index < -0.39 is 0 Å². The van der Waals surface area contributed by atoms with Gasteiger partial charge < -0.3 is 16.0 Å². The highest BCUT2D eigenvalue weighted by Gasteiger charge is 2.10. The maximum atomic E-state index is 6.22. The molecule has 3 nitrogen and oxygen atoms in total. The van der Waals surface area contributed by atoms with Crippen molar-refractivity contribution in [1.29, 1.82) is 0 Å². The molecule has 0 atom stereocenters. The molecule has 2 aromatic rings. The lowest BCUT2D eigenvalue weighted by atomic mass is 10.1. The van der Waals surface area contributed by atoms with Gasteiger partial charge in [-0.2, -0.15) is 0 Å². The topological polar surface area (TPSA) is 57.0 Å². The van der Waals surface area contributed by atoms with E-state index in [-0.39, 0.29) is 0 Å². The number of rotatable bonds is 5. The number of aryl methyl sites for hydroxylation is 2. The number of aromatic nitrogens is 1. The Balaban J connectivity index is 2.53. The van der Waals surface area contributed by atoms with Crippen molar-refractivity contribution >= 4 is 22.5 Å². The second-order valence-corrected chi connectivity index (χ2v) is 5.05. The predicted octanol–water partition coefficient (Wildman–Crippen LogP) is 2.45. The predicted molar refractivity (Wildman–Crippen MR) is 78.1 cm³/mol. The smallest absolute Gasteiger partial charge is 0.0498 e. The molecule has 0 amide bonds. The summed E-state index contributed by atoms with van der Waals surface area (Å²) in [6, 6.07) is 4.20. The van der Waals surface area contributed by atoms with Crippen molar-refractivity contribution in [3.05, 3.63) is 34.5 Å². The van der Waals surface area contributed by atoms with Gasteiger partial charge in [0, 0.05) is 28.7 Å². The van der Waals surface area contributed by atoms with Gasteiger partial charge in [-0.25, -0.2) is 0 Å². The summed E-state index contributed by atoms with van der Waals surface area (Å²) in [5.41, 5.74) is 14.8. The third-order valence-corrected chi connectivity index (χ3v) is 3.67. The van der Waals surface area contributed by atoms with Gasteiger partial charge in [-0.05, 0) is 56.1 Å². The van der Waals surface area contributed by atoms with Crippen molar-refractivity contribution in [2.24, 2.45) is 11.5 Å². The van der Waals surface area contributed by atoms with E-state index in [1.54, 1.807) is 0 Å². The van der Waals surface area contributed by atoms with Crippen molar-refractivity contribution in [2.45, 2.75) is 26.3 Å². The van der Waals surface area contributed by atoms with E-state index in [9.17, 15) is 0 Å². The number of nitrogens with two attached hydrogens (primary N) is 2. The van der Waals surface area contributed by atoms with Gasteiger partial charge in [0.05, 0.1) is 0 Å². The van der Waals surface area contributed by atoms with Crippen LogP contribution >= 0.6 is 11.6 Å². The van der Waals surface area contributed by atoms with Gasteiger partial charge in [0.15, 0.2) is 0 Å². The zero-order valence-electron chi connectivity index (χ0n) is 10.7. The molecule has 1 aromatic heterocycles. The largest absolute Gasteiger partial charge is 0.347 e. The second-order valence-electron chi connectivity index (χ2n) is 4.65. The van der Waals surface area contributed by atoms with Gasteiger partial charge in [0.1, 0.15) is 0 Å². The molecule has 0 bridgehead atoms. The Labute approximate surface area is 113 Å². The Hall–Kier alpha value is -1.03. The van der Waals surface area contributed by atoms with E-state index in [0.29, 0.717) is 13.1 Å². The lowest BCUT2D eigenvalue weighted by Crippen LogP contribution is -2.05. The second kappa shape index (κ2) is 5.74. The molecule has 0 radical (unpaired) electrons. The fourth-order valence-electron chi connectivity index (χ4n) is 2.29. The van der Waals surface area contributed by atoms with Crippen molar-refractivity contribution in [3.63, 3.8) is 0 Å². The number of nitrogens with zero attached hydrogens (tertiary/aromatic N) is 1. The van der Waals surface area contributed by atoms with Crippen molar-refractivity contribution in [2.75, 3.05) is 13.1 Å². The van der Waals surface area contributed by atoms with Crippen LogP contribution in [0.15, 0.2) is 18.3 Å². The number of benzene rings is 1. The quantitative estimate of drug-likeness (QED) is 0.873. The van der Waals surface area contributed by atoms with E-state index in [2.05, 4.69) is 16.8 Å². The number of halogens is 1. The molecule has 98 valence electrons. The first-order valence-corrected chi connectivity index (χ1v) is 6.73. The summed E-state index contributed by atoms with van der Waals surface area (Å²) in [5.74, 6) is 0. The molecule has 0 aliphatic heterocycles. The first-order chi connectivity index (χ1) is 8.67. The van der Waals surface area contributed by atoms with Crippen LogP contribution in [0.1, 0.15) is 17.5 Å². The highest BCUT2D eigenvalue weighted by Crippen LogP contribution is 2.28. The minimum atomic E-state index is 0.664. The van der Waals surface area contributed by atoms with Gasteiger partial charge in [0.2, 0.25) is 0 Å². The van der Waals surface area contributed by atoms with Gasteiger partial charge in [-0.15, -0.1) is 0 Å². The maximum Gasteiger partial charge on any atom is 0.0498 e. The van der Waals surface area contributed by atoms with Crippen LogP contribution in [0, 0.1) is 6.92 Å². The molecular weight excluding hydrogens is 246 g/mol. The molecule has 4 heteroatoms. The third kappa shape index (κ3) is 2.53. The van der Waals surface area contributed by atoms with E-state index in [1.165, 1.54) is 16.5 Å². The van der Waals surface area contributed by atoms with Gasteiger partial charge in [0.25, 0.3) is 0 Å². The van der Waals surface area contributed by atoms with Crippen LogP contribution in [0.5, 0.6) is 0 Å². The molecule has 2 rings (SSSR count). The Bertz CT molecular complexity index is 545. The molecule has 1 heterocycles. The Morgan fingerprint density at radius 1 is 1.22 bits per heavy atom. The Morgan fingerprint density at radius 2 is 2.00 bits per heavy atom. The normalized spacial score (nSPS) is 11.3. The zero-order chi connectivity index (χ0) is 13.1. The fourth-order valence-corrected chi connectivity index (χ4v) is 2.45. The van der Waals surface area contributed by atoms with Crippen LogP contribution in [0.4, 0.5) is 0 Å². The maximum absolute atomic E-state index is 6.22. The summed E-state index contributed by atoms with van der Waals surface area (Å²) in [7, 11) is 0. The highest BCUT2D eigenvalue weighted by atomic mass is 35.5. The van der Waals surface area contributed by atoms with Crippen LogP contribution in [0.25, 0.3) is 10.9 Å². The zero-order valence-corrected chi connectivity index (χ0v) is 11.5. The number of hydrogen-bond donors (Lipinski definition) is 2. The molecule has 0 fully saturated rings. The van der Waals surface area contributed by atoms with Crippen LogP contribution < -0.4 is 11.5 Å². The molecule has 18 heavy (non-hydrogen) atoms. The molecule has 0 aliphatic rings. The first-order valence-electron chi connectivity index (χ1n) is 6.35. The number of fused-ring (bicyclic) bond motifs is 1. The summed E-state index contributed by atoms with van der Waals surface area (Å²) in [6.45, 7) is 4.32. The third-order valence-electron chi connectivity index (χ3n) is 3.26. The first kappa shape index (κ1) is 13.4. The average Bonchev–Trinajstić information content (AvgIpc) is 2.66. The molecule has 0 saturated heterocycles. The molecule has 1 aromatic carbocycles. The molecule has 4 N–H and O–H groups in total. The standard InChI is InChI=1S/C14H20ClN3/c1-10-7-12-11(3-5-17)9-18(6-2-4-16)14(12)8-13(10)15/h7-9H,2-6,16-17H2,1H3. The molecule has 0 unspecified atom stereocenters. The lowest BCUT2D eigenvalue weighted by Gasteiger charge is -2.05. The van der Waals surface area contributed by atoms with Crippen LogP contribution in [0.2, 0.25) is 5.02 Å². The minimum Gasteiger partial charge on any atom is -0.347 e. The lowest BCUT2D eigenvalue weighted by molar-refractivity contribution is 0.668. The summed E-state index contributed by atoms with van der Waals surface area (Å²) in [5, 5.41) is 2.08. The van der Waals surface area contributed by atoms with Crippen molar-refractivity contribution in [1.82, 2.24) is 4.57 Å². The van der Waals surface area contributed by atoms with E-state index in [0.717, 1.165) is 30.0 Å². The highest BCUT2D eigenvalue weighted by molar-refractivity contribution is 6.32. The summed E-state index contributed by atoms with van der Waals surface area (Å²) in [6.07, 6.45) is 4.05. The van der Waals surface area contributed by atoms with Crippen LogP contribution in [-0.4, -0.2) is 17.7 Å².